The van der Waals surface area contributed by atoms with E-state index < -0.39 is 5.97 Å². The Morgan fingerprint density at radius 3 is 2.57 bits per heavy atom. The van der Waals surface area contributed by atoms with Crippen LogP contribution >= 0.6 is 0 Å². The highest BCUT2D eigenvalue weighted by atomic mass is 16.5. The van der Waals surface area contributed by atoms with Crippen LogP contribution in [0, 0.1) is 5.92 Å². The summed E-state index contributed by atoms with van der Waals surface area (Å²) >= 11 is 0. The van der Waals surface area contributed by atoms with Crippen LogP contribution in [0.15, 0.2) is 53.2 Å². The van der Waals surface area contributed by atoms with Crippen LogP contribution in [0.25, 0.3) is 11.4 Å². The Kier molecular flexibility index (Phi) is 6.49. The number of carbonyl (C=O) groups is 1. The van der Waals surface area contributed by atoms with Crippen LogP contribution in [-0.2, 0) is 17.8 Å². The molecular formula is C21H24N4O3. The molecule has 0 saturated carbocycles. The van der Waals surface area contributed by atoms with Gasteiger partial charge in [0.05, 0.1) is 12.3 Å². The predicted octanol–water partition coefficient (Wildman–Crippen LogP) is 3.27. The van der Waals surface area contributed by atoms with Gasteiger partial charge in [0.15, 0.2) is 0 Å². The summed E-state index contributed by atoms with van der Waals surface area (Å²) in [6.07, 6.45) is 2.24. The van der Waals surface area contributed by atoms with Crippen molar-refractivity contribution < 1.29 is 14.4 Å². The second-order valence-electron chi connectivity index (χ2n) is 6.44. The Bertz CT molecular complexity index is 888. The van der Waals surface area contributed by atoms with Crippen molar-refractivity contribution in [2.45, 2.75) is 26.8 Å². The van der Waals surface area contributed by atoms with Crippen molar-refractivity contribution in [1.29, 1.82) is 0 Å². The minimum Gasteiger partial charge on any atom is -0.481 e. The lowest BCUT2D eigenvalue weighted by atomic mass is 9.99. The van der Waals surface area contributed by atoms with Gasteiger partial charge in [0.25, 0.3) is 0 Å². The molecule has 1 saturated heterocycles. The topological polar surface area (TPSA) is 92.3 Å². The van der Waals surface area contributed by atoms with Crippen molar-refractivity contribution in [3.05, 3.63) is 65.8 Å². The molecule has 1 aliphatic heterocycles. The highest BCUT2D eigenvalue weighted by Gasteiger charge is 2.32. The van der Waals surface area contributed by atoms with Gasteiger partial charge in [-0.25, -0.2) is 0 Å². The van der Waals surface area contributed by atoms with Crippen LogP contribution in [0.3, 0.4) is 0 Å². The van der Waals surface area contributed by atoms with E-state index in [1.165, 1.54) is 0 Å². The van der Waals surface area contributed by atoms with Crippen molar-refractivity contribution >= 4 is 5.97 Å². The van der Waals surface area contributed by atoms with Gasteiger partial charge in [-0.2, -0.15) is 4.98 Å². The highest BCUT2D eigenvalue weighted by Crippen LogP contribution is 2.21. The largest absolute Gasteiger partial charge is 0.481 e. The molecule has 2 aromatic heterocycles. The van der Waals surface area contributed by atoms with Crippen LogP contribution in [0.1, 0.15) is 31.0 Å². The molecule has 1 aromatic carbocycles. The molecule has 0 aliphatic carbocycles. The molecule has 0 atom stereocenters. The molecule has 1 N–H and O–H groups in total. The zero-order chi connectivity index (χ0) is 19.9. The average Bonchev–Trinajstić information content (AvgIpc) is 3.15. The summed E-state index contributed by atoms with van der Waals surface area (Å²) < 4.78 is 5.31. The third kappa shape index (κ3) is 4.80. The number of likely N-dealkylation sites (tertiary alicyclic amines) is 1. The monoisotopic (exact) mass is 380 g/mol. The van der Waals surface area contributed by atoms with Gasteiger partial charge in [0.1, 0.15) is 0 Å². The van der Waals surface area contributed by atoms with Gasteiger partial charge in [-0.1, -0.05) is 49.3 Å². The number of aliphatic carboxylic acids is 1. The lowest BCUT2D eigenvalue weighted by Crippen LogP contribution is -2.49. The smallest absolute Gasteiger partial charge is 0.309 e. The molecule has 3 heterocycles. The summed E-state index contributed by atoms with van der Waals surface area (Å²) in [6.45, 7) is 5.97. The van der Waals surface area contributed by atoms with Gasteiger partial charge in [-0.05, 0) is 17.7 Å². The van der Waals surface area contributed by atoms with E-state index in [1.807, 2.05) is 56.3 Å². The second kappa shape index (κ2) is 9.23. The number of nitrogens with zero attached hydrogens (tertiary/aromatic N) is 4. The molecule has 0 radical (unpaired) electrons. The summed E-state index contributed by atoms with van der Waals surface area (Å²) in [4.78, 5) is 21.6. The van der Waals surface area contributed by atoms with Gasteiger partial charge >= 0.3 is 5.97 Å². The maximum Gasteiger partial charge on any atom is 0.309 e. The number of benzene rings is 1. The van der Waals surface area contributed by atoms with Crippen LogP contribution < -0.4 is 0 Å². The molecule has 0 bridgehead atoms. The number of pyridine rings is 1. The molecule has 146 valence electrons. The van der Waals surface area contributed by atoms with Crippen molar-refractivity contribution in [3.8, 4) is 11.4 Å². The van der Waals surface area contributed by atoms with Gasteiger partial charge in [-0.15, -0.1) is 0 Å². The molecule has 0 unspecified atom stereocenters. The first-order chi connectivity index (χ1) is 13.7. The van der Waals surface area contributed by atoms with Gasteiger partial charge in [0.2, 0.25) is 11.7 Å². The zero-order valence-electron chi connectivity index (χ0n) is 16.1. The van der Waals surface area contributed by atoms with E-state index in [-0.39, 0.29) is 5.92 Å². The van der Waals surface area contributed by atoms with E-state index in [0.29, 0.717) is 31.2 Å². The Labute approximate surface area is 164 Å². The predicted molar refractivity (Wildman–Crippen MR) is 105 cm³/mol. The molecule has 0 amide bonds. The zero-order valence-corrected chi connectivity index (χ0v) is 16.1. The minimum atomic E-state index is -0.713. The summed E-state index contributed by atoms with van der Waals surface area (Å²) in [5.41, 5.74) is 2.90. The highest BCUT2D eigenvalue weighted by molar-refractivity contribution is 5.71. The van der Waals surface area contributed by atoms with E-state index in [4.69, 9.17) is 9.63 Å². The third-order valence-corrected chi connectivity index (χ3v) is 4.45. The van der Waals surface area contributed by atoms with Crippen LogP contribution in [-0.4, -0.2) is 44.2 Å². The van der Waals surface area contributed by atoms with Crippen molar-refractivity contribution in [2.24, 2.45) is 5.92 Å². The fourth-order valence-electron chi connectivity index (χ4n) is 2.97. The second-order valence-corrected chi connectivity index (χ2v) is 6.44. The Morgan fingerprint density at radius 1 is 1.18 bits per heavy atom. The third-order valence-electron chi connectivity index (χ3n) is 4.45. The van der Waals surface area contributed by atoms with Gasteiger partial charge in [-0.3, -0.25) is 14.7 Å². The Hall–Kier alpha value is -3.06. The maximum atomic E-state index is 10.8. The van der Waals surface area contributed by atoms with Gasteiger partial charge in [0, 0.05) is 37.1 Å². The molecule has 28 heavy (non-hydrogen) atoms. The maximum absolute atomic E-state index is 10.8. The standard InChI is InChI=1S/C19H18N4O3.C2H6/c24-19(25)15-11-23(12-15)10-13-4-6-14(7-5-13)18-21-17(26-22-18)9-16-3-1-2-8-20-16;1-2/h1-8,15H,9-12H2,(H,24,25);1-2H3. The fourth-order valence-corrected chi connectivity index (χ4v) is 2.97. The number of rotatable bonds is 6. The quantitative estimate of drug-likeness (QED) is 0.701. The lowest BCUT2D eigenvalue weighted by molar-refractivity contribution is -0.147. The minimum absolute atomic E-state index is 0.230. The average molecular weight is 380 g/mol. The van der Waals surface area contributed by atoms with E-state index in [0.717, 1.165) is 23.4 Å². The summed E-state index contributed by atoms with van der Waals surface area (Å²) in [5.74, 6) is 0.141. The van der Waals surface area contributed by atoms with Crippen LogP contribution in [0.4, 0.5) is 0 Å². The lowest BCUT2D eigenvalue weighted by Gasteiger charge is -2.36. The number of hydrogen-bond acceptors (Lipinski definition) is 6. The van der Waals surface area contributed by atoms with E-state index in [9.17, 15) is 4.79 Å². The SMILES string of the molecule is CC.O=C(O)C1CN(Cc2ccc(-c3noc(Cc4ccccn4)n3)cc2)C1. The Morgan fingerprint density at radius 2 is 1.93 bits per heavy atom. The van der Waals surface area contributed by atoms with Crippen LogP contribution in [0.2, 0.25) is 0 Å². The normalized spacial score (nSPS) is 14.1. The first kappa shape index (κ1) is 19.7. The first-order valence-corrected chi connectivity index (χ1v) is 9.44. The molecule has 4 rings (SSSR count). The summed E-state index contributed by atoms with van der Waals surface area (Å²) in [5, 5.41) is 13.0. The number of carboxylic acids is 1. The number of carboxylic acid groups (broad SMARTS) is 1. The number of hydrogen-bond donors (Lipinski definition) is 1. The molecule has 0 spiro atoms. The van der Waals surface area contributed by atoms with Crippen LogP contribution in [0.5, 0.6) is 0 Å². The van der Waals surface area contributed by atoms with Crippen molar-refractivity contribution in [3.63, 3.8) is 0 Å². The summed E-state index contributed by atoms with van der Waals surface area (Å²) in [7, 11) is 0. The molecule has 3 aromatic rings. The fraction of sp³-hybridized carbons (Fsp3) is 0.333. The molecule has 1 aliphatic rings. The van der Waals surface area contributed by atoms with Crippen molar-refractivity contribution in [1.82, 2.24) is 20.0 Å². The Balaban J connectivity index is 0.00000109. The molecule has 7 nitrogen and oxygen atoms in total. The van der Waals surface area contributed by atoms with E-state index in [2.05, 4.69) is 20.0 Å². The van der Waals surface area contributed by atoms with E-state index >= 15 is 0 Å². The molecule has 1 fully saturated rings. The molecular weight excluding hydrogens is 356 g/mol. The van der Waals surface area contributed by atoms with Crippen molar-refractivity contribution in [2.75, 3.05) is 13.1 Å². The molecule has 7 heteroatoms. The van der Waals surface area contributed by atoms with Gasteiger partial charge < -0.3 is 9.63 Å². The first-order valence-electron chi connectivity index (χ1n) is 9.44. The van der Waals surface area contributed by atoms with E-state index in [1.54, 1.807) is 6.20 Å². The summed E-state index contributed by atoms with van der Waals surface area (Å²) in [6, 6.07) is 13.7. The number of aromatic nitrogens is 3.